The Kier molecular flexibility index (Phi) is 7.85. The average Bonchev–Trinajstić information content (AvgIpc) is 2.05. The highest BCUT2D eigenvalue weighted by molar-refractivity contribution is 5.66. The molecule has 0 aromatic carbocycles. The molecule has 0 saturated carbocycles. The quantitative estimate of drug-likeness (QED) is 0.706. The third-order valence-electron chi connectivity index (χ3n) is 1.83. The minimum absolute atomic E-state index is 0.222. The van der Waals surface area contributed by atoms with Crippen molar-refractivity contribution < 1.29 is 19.7 Å². The molecule has 0 rings (SSSR count). The van der Waals surface area contributed by atoms with Crippen molar-refractivity contribution in [3.05, 3.63) is 0 Å². The van der Waals surface area contributed by atoms with Gasteiger partial charge in [-0.1, -0.05) is 6.92 Å². The lowest BCUT2D eigenvalue weighted by atomic mass is 10.0. The van der Waals surface area contributed by atoms with Crippen LogP contribution in [0.5, 0.6) is 0 Å². The SMILES string of the molecule is CCC(=O)O.COC(C)(C)C(C)O. The van der Waals surface area contributed by atoms with Gasteiger partial charge < -0.3 is 14.9 Å². The minimum Gasteiger partial charge on any atom is -0.481 e. The second kappa shape index (κ2) is 6.86. The number of hydrogen-bond acceptors (Lipinski definition) is 3. The molecule has 0 aromatic heterocycles. The van der Waals surface area contributed by atoms with Gasteiger partial charge in [-0.3, -0.25) is 4.79 Å². The van der Waals surface area contributed by atoms with E-state index in [2.05, 4.69) is 0 Å². The van der Waals surface area contributed by atoms with E-state index in [9.17, 15) is 4.79 Å². The molecule has 0 heterocycles. The molecule has 4 nitrogen and oxygen atoms in total. The molecule has 0 aliphatic carbocycles. The Morgan fingerprint density at radius 1 is 1.54 bits per heavy atom. The van der Waals surface area contributed by atoms with Crippen molar-refractivity contribution in [3.63, 3.8) is 0 Å². The monoisotopic (exact) mass is 192 g/mol. The topological polar surface area (TPSA) is 66.8 Å². The van der Waals surface area contributed by atoms with E-state index in [0.29, 0.717) is 0 Å². The number of ether oxygens (including phenoxy) is 1. The summed E-state index contributed by atoms with van der Waals surface area (Å²) in [5, 5.41) is 16.7. The van der Waals surface area contributed by atoms with E-state index in [1.807, 2.05) is 13.8 Å². The minimum atomic E-state index is -0.745. The van der Waals surface area contributed by atoms with Crippen LogP contribution in [-0.2, 0) is 9.53 Å². The van der Waals surface area contributed by atoms with Crippen LogP contribution in [0.4, 0.5) is 0 Å². The van der Waals surface area contributed by atoms with E-state index in [0.717, 1.165) is 0 Å². The number of aliphatic carboxylic acids is 1. The van der Waals surface area contributed by atoms with Crippen LogP contribution in [0.3, 0.4) is 0 Å². The molecule has 0 aromatic rings. The first-order valence-electron chi connectivity index (χ1n) is 4.22. The lowest BCUT2D eigenvalue weighted by molar-refractivity contribution is -0.136. The second-order valence-corrected chi connectivity index (χ2v) is 3.23. The average molecular weight is 192 g/mol. The third kappa shape index (κ3) is 9.30. The first-order valence-corrected chi connectivity index (χ1v) is 4.22. The third-order valence-corrected chi connectivity index (χ3v) is 1.83. The maximum Gasteiger partial charge on any atom is 0.303 e. The molecule has 1 unspecified atom stereocenters. The van der Waals surface area contributed by atoms with Crippen LogP contribution in [0.2, 0.25) is 0 Å². The molecule has 0 radical (unpaired) electrons. The first kappa shape index (κ1) is 14.9. The Labute approximate surface area is 79.5 Å². The van der Waals surface area contributed by atoms with Crippen LogP contribution in [0.25, 0.3) is 0 Å². The Bertz CT molecular complexity index is 141. The van der Waals surface area contributed by atoms with Crippen molar-refractivity contribution in [1.82, 2.24) is 0 Å². The molecule has 80 valence electrons. The van der Waals surface area contributed by atoms with E-state index in [-0.39, 0.29) is 6.42 Å². The zero-order chi connectivity index (χ0) is 11.1. The largest absolute Gasteiger partial charge is 0.481 e. The van der Waals surface area contributed by atoms with Crippen LogP contribution in [0.15, 0.2) is 0 Å². The molecule has 4 heteroatoms. The van der Waals surface area contributed by atoms with Gasteiger partial charge in [-0.05, 0) is 20.8 Å². The fourth-order valence-electron chi connectivity index (χ4n) is 0.171. The van der Waals surface area contributed by atoms with Crippen molar-refractivity contribution in [2.45, 2.75) is 45.8 Å². The number of carbonyl (C=O) groups is 1. The molecule has 0 aliphatic rings. The van der Waals surface area contributed by atoms with Crippen molar-refractivity contribution in [3.8, 4) is 0 Å². The van der Waals surface area contributed by atoms with Crippen LogP contribution >= 0.6 is 0 Å². The van der Waals surface area contributed by atoms with Gasteiger partial charge in [0.2, 0.25) is 0 Å². The molecule has 0 bridgehead atoms. The highest BCUT2D eigenvalue weighted by Crippen LogP contribution is 2.11. The number of carboxylic acid groups (broad SMARTS) is 1. The van der Waals surface area contributed by atoms with Crippen molar-refractivity contribution in [2.24, 2.45) is 0 Å². The standard InChI is InChI=1S/C6H14O2.C3H6O2/c1-5(7)6(2,3)8-4;1-2-3(4)5/h5,7H,1-4H3;2H2,1H3,(H,4,5). The molecule has 1 atom stereocenters. The summed E-state index contributed by atoms with van der Waals surface area (Å²) in [6, 6.07) is 0. The summed E-state index contributed by atoms with van der Waals surface area (Å²) in [7, 11) is 1.59. The fraction of sp³-hybridized carbons (Fsp3) is 0.889. The van der Waals surface area contributed by atoms with Gasteiger partial charge in [0.15, 0.2) is 0 Å². The summed E-state index contributed by atoms with van der Waals surface area (Å²) < 4.78 is 4.95. The Morgan fingerprint density at radius 2 is 1.85 bits per heavy atom. The molecule has 13 heavy (non-hydrogen) atoms. The van der Waals surface area contributed by atoms with Gasteiger partial charge in [-0.2, -0.15) is 0 Å². The highest BCUT2D eigenvalue weighted by Gasteiger charge is 2.22. The molecule has 0 fully saturated rings. The van der Waals surface area contributed by atoms with E-state index < -0.39 is 17.7 Å². The van der Waals surface area contributed by atoms with Crippen LogP contribution in [0, 0.1) is 0 Å². The molecule has 0 aliphatic heterocycles. The summed E-state index contributed by atoms with van der Waals surface area (Å²) in [5.74, 6) is -0.745. The number of aliphatic hydroxyl groups is 1. The molecule has 2 N–H and O–H groups in total. The summed E-state index contributed by atoms with van der Waals surface area (Å²) in [5.41, 5.74) is -0.403. The van der Waals surface area contributed by atoms with Gasteiger partial charge in [0.05, 0.1) is 11.7 Å². The van der Waals surface area contributed by atoms with Crippen molar-refractivity contribution >= 4 is 5.97 Å². The van der Waals surface area contributed by atoms with Crippen molar-refractivity contribution in [2.75, 3.05) is 7.11 Å². The summed E-state index contributed by atoms with van der Waals surface area (Å²) in [6.45, 7) is 7.00. The Balaban J connectivity index is 0. The predicted octanol–water partition coefficient (Wildman–Crippen LogP) is 1.27. The number of carboxylic acids is 1. The maximum absolute atomic E-state index is 9.37. The normalized spacial score (nSPS) is 12.8. The number of aliphatic hydroxyl groups excluding tert-OH is 1. The number of methoxy groups -OCH3 is 1. The van der Waals surface area contributed by atoms with Crippen molar-refractivity contribution in [1.29, 1.82) is 0 Å². The van der Waals surface area contributed by atoms with Gasteiger partial charge in [-0.25, -0.2) is 0 Å². The van der Waals surface area contributed by atoms with Gasteiger partial charge in [0.25, 0.3) is 0 Å². The molecule has 0 saturated heterocycles. The summed E-state index contributed by atoms with van der Waals surface area (Å²) in [6.07, 6.45) is -0.188. The summed E-state index contributed by atoms with van der Waals surface area (Å²) in [4.78, 5) is 9.37. The maximum atomic E-state index is 9.37. The van der Waals surface area contributed by atoms with Gasteiger partial charge in [0.1, 0.15) is 0 Å². The lowest BCUT2D eigenvalue weighted by Crippen LogP contribution is -2.35. The zero-order valence-electron chi connectivity index (χ0n) is 9.00. The Hall–Kier alpha value is -0.610. The molecular formula is C9H20O4. The second-order valence-electron chi connectivity index (χ2n) is 3.23. The van der Waals surface area contributed by atoms with E-state index in [1.165, 1.54) is 0 Å². The summed E-state index contributed by atoms with van der Waals surface area (Å²) >= 11 is 0. The van der Waals surface area contributed by atoms with Gasteiger partial charge in [0, 0.05) is 13.5 Å². The Morgan fingerprint density at radius 3 is 1.85 bits per heavy atom. The van der Waals surface area contributed by atoms with E-state index >= 15 is 0 Å². The van der Waals surface area contributed by atoms with Crippen LogP contribution < -0.4 is 0 Å². The molecular weight excluding hydrogens is 172 g/mol. The van der Waals surface area contributed by atoms with Gasteiger partial charge >= 0.3 is 5.97 Å². The zero-order valence-corrected chi connectivity index (χ0v) is 9.00. The number of hydrogen-bond donors (Lipinski definition) is 2. The predicted molar refractivity (Wildman–Crippen MR) is 50.7 cm³/mol. The smallest absolute Gasteiger partial charge is 0.303 e. The van der Waals surface area contributed by atoms with Crippen LogP contribution in [0.1, 0.15) is 34.1 Å². The molecule has 0 spiro atoms. The van der Waals surface area contributed by atoms with E-state index in [4.69, 9.17) is 14.9 Å². The number of rotatable bonds is 3. The highest BCUT2D eigenvalue weighted by atomic mass is 16.5. The first-order chi connectivity index (χ1) is 5.77. The fourth-order valence-corrected chi connectivity index (χ4v) is 0.171. The molecule has 0 amide bonds. The lowest BCUT2D eigenvalue weighted by Gasteiger charge is -2.25. The van der Waals surface area contributed by atoms with Crippen LogP contribution in [-0.4, -0.2) is 35.0 Å². The van der Waals surface area contributed by atoms with E-state index in [1.54, 1.807) is 21.0 Å². The van der Waals surface area contributed by atoms with Gasteiger partial charge in [-0.15, -0.1) is 0 Å².